The Morgan fingerprint density at radius 2 is 2.04 bits per heavy atom. The highest BCUT2D eigenvalue weighted by Crippen LogP contribution is 2.33. The number of carbonyl (C=O) groups is 1. The van der Waals surface area contributed by atoms with Crippen LogP contribution in [0.5, 0.6) is 0 Å². The Morgan fingerprint density at radius 1 is 1.18 bits per heavy atom. The molecular weight excluding hydrogens is 415 g/mol. The van der Waals surface area contributed by atoms with Gasteiger partial charge in [0.15, 0.2) is 5.13 Å². The highest BCUT2D eigenvalue weighted by atomic mass is 35.5. The van der Waals surface area contributed by atoms with Gasteiger partial charge in [-0.3, -0.25) is 9.69 Å². The molecule has 0 saturated heterocycles. The number of benzene rings is 2. The van der Waals surface area contributed by atoms with Gasteiger partial charge >= 0.3 is 0 Å². The summed E-state index contributed by atoms with van der Waals surface area (Å²) in [4.78, 5) is 23.6. The standard InChI is InChI=1S/C20H16Cl2N4OS/c21-15-5-1-4-14(12-15)19(27)26(10-3-9-25-11-8-23-13-25)20-24-18-16(22)6-2-7-17(18)28-20/h1-2,4-8,11-13H,3,9-10H2. The van der Waals surface area contributed by atoms with Crippen LogP contribution < -0.4 is 4.90 Å². The summed E-state index contributed by atoms with van der Waals surface area (Å²) in [5.74, 6) is -0.136. The Kier molecular flexibility index (Phi) is 5.62. The van der Waals surface area contributed by atoms with Crippen LogP contribution in [0.2, 0.25) is 10.0 Å². The second-order valence-electron chi connectivity index (χ2n) is 6.20. The first-order chi connectivity index (χ1) is 13.6. The van der Waals surface area contributed by atoms with Crippen LogP contribution in [0.4, 0.5) is 5.13 Å². The van der Waals surface area contributed by atoms with Gasteiger partial charge in [-0.1, -0.05) is 46.7 Å². The molecule has 0 fully saturated rings. The molecule has 4 aromatic rings. The van der Waals surface area contributed by atoms with E-state index < -0.39 is 0 Å². The summed E-state index contributed by atoms with van der Waals surface area (Å²) in [7, 11) is 0. The number of imidazole rings is 1. The third kappa shape index (κ3) is 4.04. The second-order valence-corrected chi connectivity index (χ2v) is 8.06. The predicted octanol–water partition coefficient (Wildman–Crippen LogP) is 5.54. The van der Waals surface area contributed by atoms with E-state index in [0.717, 1.165) is 17.7 Å². The molecule has 0 saturated carbocycles. The molecule has 0 aliphatic carbocycles. The van der Waals surface area contributed by atoms with Gasteiger partial charge in [-0.2, -0.15) is 0 Å². The molecule has 2 heterocycles. The Morgan fingerprint density at radius 3 is 2.79 bits per heavy atom. The molecule has 0 bridgehead atoms. The van der Waals surface area contributed by atoms with Gasteiger partial charge in [-0.25, -0.2) is 9.97 Å². The lowest BCUT2D eigenvalue weighted by atomic mass is 10.2. The highest BCUT2D eigenvalue weighted by Gasteiger charge is 2.22. The Bertz CT molecular complexity index is 1110. The normalized spacial score (nSPS) is 11.1. The first-order valence-corrected chi connectivity index (χ1v) is 10.3. The fraction of sp³-hybridized carbons (Fsp3) is 0.150. The Hall–Kier alpha value is -2.41. The molecule has 1 amide bonds. The molecule has 0 aliphatic rings. The van der Waals surface area contributed by atoms with Crippen LogP contribution in [0.25, 0.3) is 10.2 Å². The number of aromatic nitrogens is 3. The fourth-order valence-corrected chi connectivity index (χ4v) is 4.39. The number of hydrogen-bond donors (Lipinski definition) is 0. The van der Waals surface area contributed by atoms with Gasteiger partial charge < -0.3 is 4.57 Å². The van der Waals surface area contributed by atoms with Gasteiger partial charge in [-0.15, -0.1) is 0 Å². The maximum atomic E-state index is 13.2. The molecule has 28 heavy (non-hydrogen) atoms. The van der Waals surface area contributed by atoms with Crippen molar-refractivity contribution in [2.24, 2.45) is 0 Å². The molecule has 2 aromatic carbocycles. The lowest BCUT2D eigenvalue weighted by Gasteiger charge is -2.20. The van der Waals surface area contributed by atoms with Crippen LogP contribution in [0.1, 0.15) is 16.8 Å². The number of nitrogens with zero attached hydrogens (tertiary/aromatic N) is 4. The van der Waals surface area contributed by atoms with Crippen molar-refractivity contribution >= 4 is 55.8 Å². The van der Waals surface area contributed by atoms with Crippen molar-refractivity contribution in [2.75, 3.05) is 11.4 Å². The summed E-state index contributed by atoms with van der Waals surface area (Å²) in [5, 5.41) is 1.73. The van der Waals surface area contributed by atoms with Crippen LogP contribution in [0.3, 0.4) is 0 Å². The topological polar surface area (TPSA) is 51.0 Å². The second kappa shape index (κ2) is 8.31. The van der Waals surface area contributed by atoms with Gasteiger partial charge in [0.25, 0.3) is 5.91 Å². The molecular formula is C20H16Cl2N4OS. The molecule has 0 atom stereocenters. The van der Waals surface area contributed by atoms with E-state index in [-0.39, 0.29) is 5.91 Å². The third-order valence-corrected chi connectivity index (χ3v) is 5.85. The molecule has 2 aromatic heterocycles. The number of carbonyl (C=O) groups excluding carboxylic acids is 1. The monoisotopic (exact) mass is 430 g/mol. The molecule has 142 valence electrons. The van der Waals surface area contributed by atoms with Crippen molar-refractivity contribution in [3.8, 4) is 0 Å². The Balaban J connectivity index is 1.65. The summed E-state index contributed by atoms with van der Waals surface area (Å²) < 4.78 is 2.93. The number of hydrogen-bond acceptors (Lipinski definition) is 4. The minimum Gasteiger partial charge on any atom is -0.337 e. The van der Waals surface area contributed by atoms with E-state index in [9.17, 15) is 4.79 Å². The maximum Gasteiger partial charge on any atom is 0.260 e. The van der Waals surface area contributed by atoms with Crippen LogP contribution in [-0.2, 0) is 6.54 Å². The number of thiazole rings is 1. The third-order valence-electron chi connectivity index (χ3n) is 4.26. The Labute approximate surface area is 176 Å². The van der Waals surface area contributed by atoms with E-state index in [0.29, 0.717) is 32.8 Å². The van der Waals surface area contributed by atoms with Crippen LogP contribution in [0, 0.1) is 0 Å². The zero-order chi connectivity index (χ0) is 19.5. The quantitative estimate of drug-likeness (QED) is 0.403. The number of rotatable bonds is 6. The molecule has 4 rings (SSSR count). The van der Waals surface area contributed by atoms with Crippen molar-refractivity contribution in [3.63, 3.8) is 0 Å². The van der Waals surface area contributed by atoms with Gasteiger partial charge in [0.2, 0.25) is 0 Å². The largest absolute Gasteiger partial charge is 0.337 e. The lowest BCUT2D eigenvalue weighted by molar-refractivity contribution is 0.0986. The van der Waals surface area contributed by atoms with Crippen LogP contribution in [0.15, 0.2) is 61.2 Å². The summed E-state index contributed by atoms with van der Waals surface area (Å²) >= 11 is 13.8. The minimum atomic E-state index is -0.136. The van der Waals surface area contributed by atoms with Crippen molar-refractivity contribution in [1.29, 1.82) is 0 Å². The number of para-hydroxylation sites is 1. The molecule has 0 unspecified atom stereocenters. The van der Waals surface area contributed by atoms with Crippen molar-refractivity contribution in [1.82, 2.24) is 14.5 Å². The van der Waals surface area contributed by atoms with E-state index >= 15 is 0 Å². The zero-order valence-corrected chi connectivity index (χ0v) is 17.1. The van der Waals surface area contributed by atoms with Gasteiger partial charge in [-0.05, 0) is 36.8 Å². The maximum absolute atomic E-state index is 13.2. The highest BCUT2D eigenvalue weighted by molar-refractivity contribution is 7.22. The molecule has 5 nitrogen and oxygen atoms in total. The molecule has 0 N–H and O–H groups in total. The average Bonchev–Trinajstić information content (AvgIpc) is 3.35. The van der Waals surface area contributed by atoms with Gasteiger partial charge in [0, 0.05) is 36.1 Å². The zero-order valence-electron chi connectivity index (χ0n) is 14.8. The summed E-state index contributed by atoms with van der Waals surface area (Å²) in [6.45, 7) is 1.27. The molecule has 0 radical (unpaired) electrons. The summed E-state index contributed by atoms with van der Waals surface area (Å²) in [6, 6.07) is 12.6. The minimum absolute atomic E-state index is 0.136. The van der Waals surface area contributed by atoms with Crippen LogP contribution in [-0.4, -0.2) is 27.0 Å². The first-order valence-electron chi connectivity index (χ1n) is 8.70. The SMILES string of the molecule is O=C(c1cccc(Cl)c1)N(CCCn1ccnc1)c1nc2c(Cl)cccc2s1. The lowest BCUT2D eigenvalue weighted by Crippen LogP contribution is -2.32. The predicted molar refractivity (Wildman–Crippen MR) is 115 cm³/mol. The van der Waals surface area contributed by atoms with Crippen LogP contribution >= 0.6 is 34.5 Å². The number of fused-ring (bicyclic) bond motifs is 1. The number of amides is 1. The smallest absolute Gasteiger partial charge is 0.260 e. The number of aryl methyl sites for hydroxylation is 1. The molecule has 8 heteroatoms. The summed E-state index contributed by atoms with van der Waals surface area (Å²) in [6.07, 6.45) is 6.16. The average molecular weight is 431 g/mol. The fourth-order valence-electron chi connectivity index (χ4n) is 2.91. The molecule has 0 spiro atoms. The van der Waals surface area contributed by atoms with Crippen molar-refractivity contribution in [3.05, 3.63) is 76.8 Å². The first kappa shape index (κ1) is 18.9. The van der Waals surface area contributed by atoms with Crippen molar-refractivity contribution in [2.45, 2.75) is 13.0 Å². The van der Waals surface area contributed by atoms with E-state index in [1.165, 1.54) is 11.3 Å². The summed E-state index contributed by atoms with van der Waals surface area (Å²) in [5.41, 5.74) is 1.24. The molecule has 0 aliphatic heterocycles. The number of anilines is 1. The van der Waals surface area contributed by atoms with Gasteiger partial charge in [0.1, 0.15) is 5.52 Å². The van der Waals surface area contributed by atoms with E-state index in [4.69, 9.17) is 23.2 Å². The number of halogens is 2. The van der Waals surface area contributed by atoms with E-state index in [2.05, 4.69) is 9.97 Å². The van der Waals surface area contributed by atoms with E-state index in [1.807, 2.05) is 22.9 Å². The van der Waals surface area contributed by atoms with E-state index in [1.54, 1.807) is 47.8 Å². The van der Waals surface area contributed by atoms with Gasteiger partial charge in [0.05, 0.1) is 16.0 Å². The van der Waals surface area contributed by atoms with Crippen molar-refractivity contribution < 1.29 is 4.79 Å².